The van der Waals surface area contributed by atoms with Gasteiger partial charge in [0.15, 0.2) is 16.1 Å². The molecule has 7 nitrogen and oxygen atoms in total. The topological polar surface area (TPSA) is 75.5 Å². The Bertz CT molecular complexity index is 924. The zero-order valence-corrected chi connectivity index (χ0v) is 15.8. The van der Waals surface area contributed by atoms with E-state index in [1.165, 1.54) is 0 Å². The monoisotopic (exact) mass is 383 g/mol. The van der Waals surface area contributed by atoms with E-state index in [9.17, 15) is 0 Å². The molecule has 140 valence electrons. The number of anilines is 2. The van der Waals surface area contributed by atoms with Crippen LogP contribution in [0.1, 0.15) is 18.5 Å². The molecule has 0 spiro atoms. The highest BCUT2D eigenvalue weighted by molar-refractivity contribution is 7.80. The number of nitrogens with one attached hydrogen (secondary N) is 2. The normalized spacial score (nSPS) is 15.5. The molecule has 0 bridgehead atoms. The Morgan fingerprint density at radius 2 is 1.81 bits per heavy atom. The molecule has 3 aromatic rings. The summed E-state index contributed by atoms with van der Waals surface area (Å²) in [5.41, 5.74) is 4.31. The molecular weight excluding hydrogens is 362 g/mol. The highest BCUT2D eigenvalue weighted by Gasteiger charge is 2.19. The number of nitrogens with zero attached hydrogens (tertiary/aromatic N) is 3. The van der Waals surface area contributed by atoms with Crippen molar-refractivity contribution in [1.29, 1.82) is 0 Å². The van der Waals surface area contributed by atoms with Crippen molar-refractivity contribution in [3.8, 4) is 0 Å². The van der Waals surface area contributed by atoms with Crippen molar-refractivity contribution >= 4 is 39.7 Å². The number of ether oxygens (including phenoxy) is 1. The highest BCUT2D eigenvalue weighted by atomic mass is 32.1. The number of thiocarbonyl (C=S) groups is 1. The van der Waals surface area contributed by atoms with Crippen LogP contribution in [0.5, 0.6) is 0 Å². The number of benzene rings is 2. The van der Waals surface area contributed by atoms with Crippen LogP contribution in [0, 0.1) is 0 Å². The fourth-order valence-corrected chi connectivity index (χ4v) is 3.48. The second-order valence-corrected chi connectivity index (χ2v) is 6.83. The first-order valence-corrected chi connectivity index (χ1v) is 9.33. The van der Waals surface area contributed by atoms with Gasteiger partial charge >= 0.3 is 0 Å². The van der Waals surface area contributed by atoms with E-state index >= 15 is 0 Å². The predicted molar refractivity (Wildman–Crippen MR) is 109 cm³/mol. The van der Waals surface area contributed by atoms with Crippen LogP contribution in [0.4, 0.5) is 11.4 Å². The molecule has 0 radical (unpaired) electrons. The first-order chi connectivity index (χ1) is 13.2. The van der Waals surface area contributed by atoms with Gasteiger partial charge in [-0.15, -0.1) is 0 Å². The Labute approximate surface area is 162 Å². The molecule has 1 saturated heterocycles. The fraction of sp³-hybridized carbons (Fsp3) is 0.316. The van der Waals surface area contributed by atoms with Crippen molar-refractivity contribution in [1.82, 2.24) is 15.6 Å². The maximum atomic E-state index is 5.48. The lowest BCUT2D eigenvalue weighted by atomic mass is 10.1. The molecule has 2 aromatic carbocycles. The van der Waals surface area contributed by atoms with Gasteiger partial charge in [0.2, 0.25) is 0 Å². The van der Waals surface area contributed by atoms with Crippen molar-refractivity contribution in [3.05, 3.63) is 48.0 Å². The molecule has 1 unspecified atom stereocenters. The van der Waals surface area contributed by atoms with E-state index in [0.717, 1.165) is 35.5 Å². The second-order valence-electron chi connectivity index (χ2n) is 6.42. The molecule has 2 heterocycles. The van der Waals surface area contributed by atoms with Crippen molar-refractivity contribution in [2.45, 2.75) is 13.0 Å². The number of hydrogen-bond acceptors (Lipinski definition) is 6. The van der Waals surface area contributed by atoms with Gasteiger partial charge in [-0.1, -0.05) is 30.3 Å². The van der Waals surface area contributed by atoms with Gasteiger partial charge in [0.05, 0.1) is 30.6 Å². The Morgan fingerprint density at radius 3 is 2.59 bits per heavy atom. The number of morpholine rings is 1. The summed E-state index contributed by atoms with van der Waals surface area (Å²) in [6.45, 7) is 5.13. The first kappa shape index (κ1) is 17.7. The molecule has 1 atom stereocenters. The Morgan fingerprint density at radius 1 is 1.07 bits per heavy atom. The summed E-state index contributed by atoms with van der Waals surface area (Å²) < 4.78 is 10.4. The van der Waals surface area contributed by atoms with E-state index in [4.69, 9.17) is 21.6 Å². The van der Waals surface area contributed by atoms with Gasteiger partial charge in [0, 0.05) is 13.1 Å². The largest absolute Gasteiger partial charge is 0.378 e. The zero-order valence-electron chi connectivity index (χ0n) is 15.0. The number of rotatable bonds is 4. The molecule has 0 saturated carbocycles. The molecule has 2 N–H and O–H groups in total. The minimum absolute atomic E-state index is 0.0877. The van der Waals surface area contributed by atoms with Gasteiger partial charge in [0.1, 0.15) is 0 Å². The van der Waals surface area contributed by atoms with Crippen LogP contribution in [0.3, 0.4) is 0 Å². The summed E-state index contributed by atoms with van der Waals surface area (Å²) in [6, 6.07) is 14.2. The third-order valence-electron chi connectivity index (χ3n) is 4.64. The minimum Gasteiger partial charge on any atom is -0.378 e. The first-order valence-electron chi connectivity index (χ1n) is 8.93. The molecule has 1 fully saturated rings. The lowest BCUT2D eigenvalue weighted by Crippen LogP contribution is -2.36. The van der Waals surface area contributed by atoms with Crippen molar-refractivity contribution < 1.29 is 9.37 Å². The van der Waals surface area contributed by atoms with Gasteiger partial charge in [-0.25, -0.2) is 4.63 Å². The SMILES string of the molecule is CC(NC(=S)Nc1ccc(N2CCOCC2)c2nonc12)c1ccccc1. The molecule has 0 amide bonds. The van der Waals surface area contributed by atoms with Gasteiger partial charge in [-0.05, 0) is 47.2 Å². The van der Waals surface area contributed by atoms with Crippen molar-refractivity contribution in [2.24, 2.45) is 0 Å². The van der Waals surface area contributed by atoms with Crippen molar-refractivity contribution in [2.75, 3.05) is 36.5 Å². The van der Waals surface area contributed by atoms with E-state index in [-0.39, 0.29) is 6.04 Å². The van der Waals surface area contributed by atoms with Crippen LogP contribution in [-0.2, 0) is 4.74 Å². The summed E-state index contributed by atoms with van der Waals surface area (Å²) >= 11 is 5.48. The maximum absolute atomic E-state index is 5.48. The van der Waals surface area contributed by atoms with Crippen LogP contribution in [-0.4, -0.2) is 41.7 Å². The molecule has 0 aliphatic carbocycles. The summed E-state index contributed by atoms with van der Waals surface area (Å²) in [5.74, 6) is 0. The molecule has 27 heavy (non-hydrogen) atoms. The van der Waals surface area contributed by atoms with Crippen LogP contribution in [0.15, 0.2) is 47.1 Å². The highest BCUT2D eigenvalue weighted by Crippen LogP contribution is 2.30. The Balaban J connectivity index is 1.51. The van der Waals surface area contributed by atoms with Gasteiger partial charge < -0.3 is 20.3 Å². The van der Waals surface area contributed by atoms with Crippen LogP contribution in [0.2, 0.25) is 0 Å². The standard InChI is InChI=1S/C19H21N5O2S/c1-13(14-5-3-2-4-6-14)20-19(27)21-15-7-8-16(18-17(15)22-26-23-18)24-9-11-25-12-10-24/h2-8,13H,9-12H2,1H3,(H2,20,21,27). The van der Waals surface area contributed by atoms with Gasteiger partial charge in [-0.2, -0.15) is 0 Å². The fourth-order valence-electron chi connectivity index (χ4n) is 3.19. The van der Waals surface area contributed by atoms with E-state index < -0.39 is 0 Å². The number of fused-ring (bicyclic) bond motifs is 1. The third kappa shape index (κ3) is 3.86. The molecule has 1 aromatic heterocycles. The van der Waals surface area contributed by atoms with Crippen molar-refractivity contribution in [3.63, 3.8) is 0 Å². The summed E-state index contributed by atoms with van der Waals surface area (Å²) in [5, 5.41) is 15.2. The predicted octanol–water partition coefficient (Wildman–Crippen LogP) is 3.11. The average molecular weight is 383 g/mol. The van der Waals surface area contributed by atoms with E-state index in [0.29, 0.717) is 23.8 Å². The quantitative estimate of drug-likeness (QED) is 0.666. The van der Waals surface area contributed by atoms with Crippen LogP contribution < -0.4 is 15.5 Å². The molecule has 1 aliphatic heterocycles. The summed E-state index contributed by atoms with van der Waals surface area (Å²) in [7, 11) is 0. The van der Waals surface area contributed by atoms with Crippen LogP contribution >= 0.6 is 12.2 Å². The average Bonchev–Trinajstić information content (AvgIpc) is 3.20. The van der Waals surface area contributed by atoms with E-state index in [1.807, 2.05) is 30.3 Å². The lowest BCUT2D eigenvalue weighted by Gasteiger charge is -2.28. The molecular formula is C19H21N5O2S. The van der Waals surface area contributed by atoms with E-state index in [1.54, 1.807) is 0 Å². The van der Waals surface area contributed by atoms with E-state index in [2.05, 4.69) is 44.9 Å². The Kier molecular flexibility index (Phi) is 5.17. The van der Waals surface area contributed by atoms with Gasteiger partial charge in [-0.3, -0.25) is 0 Å². The number of hydrogen-bond donors (Lipinski definition) is 2. The third-order valence-corrected chi connectivity index (χ3v) is 4.86. The molecule has 1 aliphatic rings. The zero-order chi connectivity index (χ0) is 18.6. The molecule has 8 heteroatoms. The van der Waals surface area contributed by atoms with Crippen LogP contribution in [0.25, 0.3) is 11.0 Å². The minimum atomic E-state index is 0.0877. The smallest absolute Gasteiger partial charge is 0.171 e. The lowest BCUT2D eigenvalue weighted by molar-refractivity contribution is 0.123. The second kappa shape index (κ2) is 7.89. The van der Waals surface area contributed by atoms with Gasteiger partial charge in [0.25, 0.3) is 0 Å². The Hall–Kier alpha value is -2.71. The summed E-state index contributed by atoms with van der Waals surface area (Å²) in [4.78, 5) is 2.23. The number of aromatic nitrogens is 2. The maximum Gasteiger partial charge on any atom is 0.171 e. The molecule has 4 rings (SSSR count). The summed E-state index contributed by atoms with van der Waals surface area (Å²) in [6.07, 6.45) is 0.